The van der Waals surface area contributed by atoms with Gasteiger partial charge in [0.1, 0.15) is 0 Å². The average Bonchev–Trinajstić information content (AvgIpc) is 2.35. The van der Waals surface area contributed by atoms with Crippen LogP contribution in [-0.4, -0.2) is 41.4 Å². The molecule has 1 fully saturated rings. The first kappa shape index (κ1) is 16.9. The van der Waals surface area contributed by atoms with E-state index in [9.17, 15) is 16.8 Å². The SMILES string of the molecule is CCS(=O)(=O)NCCNS(=O)(=O)CC1CCCCC1. The van der Waals surface area contributed by atoms with Crippen molar-refractivity contribution in [1.29, 1.82) is 0 Å². The minimum Gasteiger partial charge on any atom is -0.214 e. The third-order valence-electron chi connectivity index (χ3n) is 3.33. The van der Waals surface area contributed by atoms with E-state index in [1.165, 1.54) is 13.3 Å². The molecule has 0 radical (unpaired) electrons. The molecule has 1 aliphatic carbocycles. The summed E-state index contributed by atoms with van der Waals surface area (Å²) >= 11 is 0. The molecule has 0 bridgehead atoms. The number of hydrogen-bond donors (Lipinski definition) is 2. The Morgan fingerprint density at radius 1 is 0.895 bits per heavy atom. The Bertz CT molecular complexity index is 453. The van der Waals surface area contributed by atoms with Crippen LogP contribution in [0.4, 0.5) is 0 Å². The summed E-state index contributed by atoms with van der Waals surface area (Å²) in [4.78, 5) is 0. The summed E-state index contributed by atoms with van der Waals surface area (Å²) in [6.07, 6.45) is 5.36. The lowest BCUT2D eigenvalue weighted by atomic mass is 9.91. The maximum Gasteiger partial charge on any atom is 0.211 e. The Morgan fingerprint density at radius 2 is 1.42 bits per heavy atom. The van der Waals surface area contributed by atoms with Gasteiger partial charge in [0.15, 0.2) is 0 Å². The molecule has 1 rings (SSSR count). The third kappa shape index (κ3) is 7.24. The van der Waals surface area contributed by atoms with Crippen LogP contribution in [0, 0.1) is 5.92 Å². The van der Waals surface area contributed by atoms with Crippen LogP contribution in [0.2, 0.25) is 0 Å². The second-order valence-electron chi connectivity index (χ2n) is 4.98. The van der Waals surface area contributed by atoms with Crippen LogP contribution in [-0.2, 0) is 20.0 Å². The fraction of sp³-hybridized carbons (Fsp3) is 1.00. The highest BCUT2D eigenvalue weighted by Gasteiger charge is 2.20. The van der Waals surface area contributed by atoms with Gasteiger partial charge in [0.25, 0.3) is 0 Å². The van der Waals surface area contributed by atoms with E-state index < -0.39 is 20.0 Å². The number of rotatable bonds is 8. The monoisotopic (exact) mass is 312 g/mol. The molecule has 0 aromatic rings. The van der Waals surface area contributed by atoms with Crippen molar-refractivity contribution in [2.24, 2.45) is 5.92 Å². The van der Waals surface area contributed by atoms with Crippen LogP contribution < -0.4 is 9.44 Å². The molecule has 0 aromatic carbocycles. The lowest BCUT2D eigenvalue weighted by Crippen LogP contribution is -2.37. The Kier molecular flexibility index (Phi) is 6.72. The smallest absolute Gasteiger partial charge is 0.211 e. The number of nitrogens with one attached hydrogen (secondary N) is 2. The molecule has 0 atom stereocenters. The van der Waals surface area contributed by atoms with Gasteiger partial charge < -0.3 is 0 Å². The standard InChI is InChI=1S/C11H24N2O4S2/c1-2-18(14,15)12-8-9-13-19(16,17)10-11-6-4-3-5-7-11/h11-13H,2-10H2,1H3. The van der Waals surface area contributed by atoms with Crippen molar-refractivity contribution >= 4 is 20.0 Å². The largest absolute Gasteiger partial charge is 0.214 e. The maximum absolute atomic E-state index is 11.8. The second-order valence-corrected chi connectivity index (χ2v) is 8.92. The zero-order valence-corrected chi connectivity index (χ0v) is 13.0. The van der Waals surface area contributed by atoms with Crippen molar-refractivity contribution in [3.05, 3.63) is 0 Å². The minimum absolute atomic E-state index is 0.00181. The van der Waals surface area contributed by atoms with Gasteiger partial charge in [-0.3, -0.25) is 0 Å². The molecule has 8 heteroatoms. The van der Waals surface area contributed by atoms with E-state index in [0.29, 0.717) is 0 Å². The molecule has 0 heterocycles. The quantitative estimate of drug-likeness (QED) is 0.636. The van der Waals surface area contributed by atoms with Crippen LogP contribution in [0.15, 0.2) is 0 Å². The summed E-state index contributed by atoms with van der Waals surface area (Å²) in [5, 5.41) is 0. The van der Waals surface area contributed by atoms with Crippen LogP contribution >= 0.6 is 0 Å². The summed E-state index contributed by atoms with van der Waals surface area (Å²) in [6, 6.07) is 0. The molecule has 0 saturated heterocycles. The molecular weight excluding hydrogens is 288 g/mol. The van der Waals surface area contributed by atoms with E-state index in [2.05, 4.69) is 9.44 Å². The molecule has 0 amide bonds. The van der Waals surface area contributed by atoms with Gasteiger partial charge in [-0.25, -0.2) is 26.3 Å². The molecular formula is C11H24N2O4S2. The first-order chi connectivity index (χ1) is 8.85. The highest BCUT2D eigenvalue weighted by molar-refractivity contribution is 7.89. The Hall–Kier alpha value is -0.180. The predicted molar refractivity (Wildman–Crippen MR) is 75.8 cm³/mol. The van der Waals surface area contributed by atoms with E-state index in [1.54, 1.807) is 0 Å². The van der Waals surface area contributed by atoms with Crippen LogP contribution in [0.1, 0.15) is 39.0 Å². The highest BCUT2D eigenvalue weighted by Crippen LogP contribution is 2.24. The summed E-state index contributed by atoms with van der Waals surface area (Å²) in [5.74, 6) is 0.411. The lowest BCUT2D eigenvalue weighted by molar-refractivity contribution is 0.384. The van der Waals surface area contributed by atoms with Gasteiger partial charge in [0, 0.05) is 13.1 Å². The van der Waals surface area contributed by atoms with Crippen molar-refractivity contribution in [1.82, 2.24) is 9.44 Å². The van der Waals surface area contributed by atoms with Crippen molar-refractivity contribution in [3.63, 3.8) is 0 Å². The second kappa shape index (κ2) is 7.56. The molecule has 2 N–H and O–H groups in total. The first-order valence-electron chi connectivity index (χ1n) is 6.79. The zero-order chi connectivity index (χ0) is 14.4. The van der Waals surface area contributed by atoms with E-state index in [-0.39, 0.29) is 30.5 Å². The van der Waals surface area contributed by atoms with Crippen molar-refractivity contribution in [3.8, 4) is 0 Å². The Labute approximate surface area is 116 Å². The minimum atomic E-state index is -3.29. The summed E-state index contributed by atoms with van der Waals surface area (Å²) in [7, 11) is -6.54. The fourth-order valence-corrected chi connectivity index (χ4v) is 4.34. The van der Waals surface area contributed by atoms with E-state index in [1.807, 2.05) is 0 Å². The summed E-state index contributed by atoms with van der Waals surface area (Å²) in [5.41, 5.74) is 0. The molecule has 0 aromatic heterocycles. The first-order valence-corrected chi connectivity index (χ1v) is 10.1. The van der Waals surface area contributed by atoms with Crippen molar-refractivity contribution in [2.45, 2.75) is 39.0 Å². The van der Waals surface area contributed by atoms with E-state index >= 15 is 0 Å². The van der Waals surface area contributed by atoms with Gasteiger partial charge in [-0.2, -0.15) is 0 Å². The molecule has 1 aliphatic rings. The van der Waals surface area contributed by atoms with Gasteiger partial charge in [-0.1, -0.05) is 19.3 Å². The van der Waals surface area contributed by atoms with Crippen molar-refractivity contribution in [2.75, 3.05) is 24.6 Å². The Balaban J connectivity index is 2.27. The van der Waals surface area contributed by atoms with Gasteiger partial charge in [-0.15, -0.1) is 0 Å². The molecule has 0 unspecified atom stereocenters. The average molecular weight is 312 g/mol. The van der Waals surface area contributed by atoms with E-state index in [4.69, 9.17) is 0 Å². The third-order valence-corrected chi connectivity index (χ3v) is 6.29. The number of sulfonamides is 2. The van der Waals surface area contributed by atoms with Gasteiger partial charge in [0.2, 0.25) is 20.0 Å². The fourth-order valence-electron chi connectivity index (χ4n) is 2.24. The van der Waals surface area contributed by atoms with Crippen molar-refractivity contribution < 1.29 is 16.8 Å². The molecule has 19 heavy (non-hydrogen) atoms. The molecule has 0 aliphatic heterocycles. The van der Waals surface area contributed by atoms with Crippen LogP contribution in [0.25, 0.3) is 0 Å². The molecule has 0 spiro atoms. The number of hydrogen-bond acceptors (Lipinski definition) is 4. The molecule has 1 saturated carbocycles. The normalized spacial score (nSPS) is 18.6. The van der Waals surface area contributed by atoms with Crippen LogP contribution in [0.3, 0.4) is 0 Å². The van der Waals surface area contributed by atoms with Gasteiger partial charge in [-0.05, 0) is 25.7 Å². The lowest BCUT2D eigenvalue weighted by Gasteiger charge is -2.21. The Morgan fingerprint density at radius 3 is 1.95 bits per heavy atom. The predicted octanol–water partition coefficient (Wildman–Crippen LogP) is 0.425. The highest BCUT2D eigenvalue weighted by atomic mass is 32.2. The van der Waals surface area contributed by atoms with Gasteiger partial charge >= 0.3 is 0 Å². The van der Waals surface area contributed by atoms with E-state index in [0.717, 1.165) is 25.7 Å². The zero-order valence-electron chi connectivity index (χ0n) is 11.4. The topological polar surface area (TPSA) is 92.3 Å². The summed E-state index contributed by atoms with van der Waals surface area (Å²) in [6.45, 7) is 1.74. The maximum atomic E-state index is 11.8. The molecule has 6 nitrogen and oxygen atoms in total. The summed E-state index contributed by atoms with van der Waals surface area (Å²) < 4.78 is 50.7. The van der Waals surface area contributed by atoms with Gasteiger partial charge in [0.05, 0.1) is 11.5 Å². The molecule has 114 valence electrons. The van der Waals surface area contributed by atoms with Crippen LogP contribution in [0.5, 0.6) is 0 Å².